The van der Waals surface area contributed by atoms with Crippen LogP contribution in [0.4, 0.5) is 11.4 Å². The minimum atomic E-state index is -1.75. The highest BCUT2D eigenvalue weighted by Gasteiger charge is 2.67. The number of phenolic OH excluding ortho intramolecular Hbond substituents is 1. The molecular weight excluding hydrogens is 430 g/mol. The van der Waals surface area contributed by atoms with Gasteiger partial charge < -0.3 is 20.3 Å². The molecule has 0 aliphatic carbocycles. The molecule has 0 unspecified atom stereocenters. The van der Waals surface area contributed by atoms with Crippen molar-refractivity contribution >= 4 is 35.1 Å². The summed E-state index contributed by atoms with van der Waals surface area (Å²) in [5.74, 6) is -5.12. The first-order chi connectivity index (χ1) is 15.6. The van der Waals surface area contributed by atoms with E-state index in [-0.39, 0.29) is 28.7 Å². The highest BCUT2D eigenvalue weighted by molar-refractivity contribution is 6.24. The van der Waals surface area contributed by atoms with Crippen LogP contribution in [0.1, 0.15) is 25.5 Å². The number of phenols is 1. The van der Waals surface area contributed by atoms with Gasteiger partial charge in [0.25, 0.3) is 0 Å². The number of carbonyl (C=O) groups excluding carboxylic acids is 3. The fourth-order valence-electron chi connectivity index (χ4n) is 4.71. The Balaban J connectivity index is 1.78. The minimum absolute atomic E-state index is 0.164. The molecule has 0 radical (unpaired) electrons. The monoisotopic (exact) mass is 453 g/mol. The molecule has 2 fully saturated rings. The summed E-state index contributed by atoms with van der Waals surface area (Å²) in [5, 5.41) is 26.1. The van der Waals surface area contributed by atoms with Gasteiger partial charge in [-0.3, -0.25) is 24.5 Å². The molecule has 33 heavy (non-hydrogen) atoms. The third kappa shape index (κ3) is 3.39. The van der Waals surface area contributed by atoms with Gasteiger partial charge in [-0.1, -0.05) is 12.1 Å². The topological polar surface area (TPSA) is 145 Å². The van der Waals surface area contributed by atoms with Crippen molar-refractivity contribution in [2.75, 3.05) is 17.3 Å². The van der Waals surface area contributed by atoms with Crippen LogP contribution >= 0.6 is 0 Å². The van der Waals surface area contributed by atoms with Crippen molar-refractivity contribution < 1.29 is 34.1 Å². The molecule has 3 amide bonds. The Morgan fingerprint density at radius 1 is 1.12 bits per heavy atom. The van der Waals surface area contributed by atoms with Gasteiger partial charge in [0.2, 0.25) is 17.7 Å². The molecule has 2 aromatic carbocycles. The predicted octanol–water partition coefficient (Wildman–Crippen LogP) is 1.65. The lowest BCUT2D eigenvalue weighted by atomic mass is 9.80. The van der Waals surface area contributed by atoms with Gasteiger partial charge in [-0.05, 0) is 37.3 Å². The number of benzene rings is 2. The van der Waals surface area contributed by atoms with E-state index in [4.69, 9.17) is 4.74 Å². The molecule has 10 heteroatoms. The maximum Gasteiger partial charge on any atom is 0.324 e. The first-order valence-corrected chi connectivity index (χ1v) is 10.2. The Labute approximate surface area is 189 Å². The van der Waals surface area contributed by atoms with E-state index in [2.05, 4.69) is 10.6 Å². The Bertz CT molecular complexity index is 1160. The number of amides is 3. The summed E-state index contributed by atoms with van der Waals surface area (Å²) in [4.78, 5) is 51.4. The predicted molar refractivity (Wildman–Crippen MR) is 117 cm³/mol. The van der Waals surface area contributed by atoms with Gasteiger partial charge in [0.1, 0.15) is 5.54 Å². The molecule has 172 valence electrons. The highest BCUT2D eigenvalue weighted by Crippen LogP contribution is 2.51. The number of fused-ring (bicyclic) bond motifs is 1. The summed E-state index contributed by atoms with van der Waals surface area (Å²) in [6.45, 7) is 2.72. The van der Waals surface area contributed by atoms with Crippen molar-refractivity contribution in [3.05, 3.63) is 48.0 Å². The lowest BCUT2D eigenvalue weighted by Gasteiger charge is -2.27. The molecule has 0 bridgehead atoms. The van der Waals surface area contributed by atoms with Crippen LogP contribution in [0.25, 0.3) is 0 Å². The zero-order valence-corrected chi connectivity index (χ0v) is 18.2. The highest BCUT2D eigenvalue weighted by atomic mass is 16.5. The second kappa shape index (κ2) is 7.89. The lowest BCUT2D eigenvalue weighted by molar-refractivity contribution is -0.147. The SMILES string of the molecule is COc1cccc([C@@H]2N[C@](C)(C(=O)O)[C@H]3C(=O)N(c4ccc(NC(C)=O)cc4)C(=O)[C@@H]23)c1O. The van der Waals surface area contributed by atoms with E-state index in [9.17, 15) is 29.4 Å². The number of nitrogens with one attached hydrogen (secondary N) is 2. The number of carboxylic acids is 1. The number of methoxy groups -OCH3 is 1. The zero-order chi connectivity index (χ0) is 24.1. The molecule has 2 aliphatic rings. The van der Waals surface area contributed by atoms with Gasteiger partial charge in [0.15, 0.2) is 11.5 Å². The van der Waals surface area contributed by atoms with Crippen LogP contribution < -0.4 is 20.3 Å². The van der Waals surface area contributed by atoms with Crippen molar-refractivity contribution in [2.45, 2.75) is 25.4 Å². The maximum absolute atomic E-state index is 13.5. The second-order valence-corrected chi connectivity index (χ2v) is 8.27. The molecule has 2 saturated heterocycles. The number of aromatic hydroxyl groups is 1. The zero-order valence-electron chi connectivity index (χ0n) is 18.2. The molecular formula is C23H23N3O7. The first kappa shape index (κ1) is 22.3. The maximum atomic E-state index is 13.5. The number of ether oxygens (including phenoxy) is 1. The molecule has 4 atom stereocenters. The quantitative estimate of drug-likeness (QED) is 0.500. The van der Waals surface area contributed by atoms with Crippen LogP contribution in [0.15, 0.2) is 42.5 Å². The number of hydrogen-bond acceptors (Lipinski definition) is 7. The van der Waals surface area contributed by atoms with Crippen molar-refractivity contribution in [2.24, 2.45) is 11.8 Å². The molecule has 2 aromatic rings. The average Bonchev–Trinajstić information content (AvgIpc) is 3.22. The molecule has 2 heterocycles. The molecule has 2 aliphatic heterocycles. The van der Waals surface area contributed by atoms with E-state index in [1.54, 1.807) is 24.3 Å². The number of nitrogens with zero attached hydrogens (tertiary/aromatic N) is 1. The number of aliphatic carboxylic acids is 1. The van der Waals surface area contributed by atoms with E-state index in [1.165, 1.54) is 39.2 Å². The van der Waals surface area contributed by atoms with Gasteiger partial charge in [0.05, 0.1) is 24.6 Å². The summed E-state index contributed by atoms with van der Waals surface area (Å²) in [5.41, 5.74) is -0.738. The second-order valence-electron chi connectivity index (χ2n) is 8.27. The van der Waals surface area contributed by atoms with Crippen molar-refractivity contribution in [3.8, 4) is 11.5 Å². The van der Waals surface area contributed by atoms with Gasteiger partial charge in [-0.2, -0.15) is 0 Å². The van der Waals surface area contributed by atoms with Crippen molar-refractivity contribution in [1.82, 2.24) is 5.32 Å². The van der Waals surface area contributed by atoms with Crippen molar-refractivity contribution in [1.29, 1.82) is 0 Å². The van der Waals surface area contributed by atoms with Crippen molar-refractivity contribution in [3.63, 3.8) is 0 Å². The van der Waals surface area contributed by atoms with E-state index >= 15 is 0 Å². The summed E-state index contributed by atoms with van der Waals surface area (Å²) < 4.78 is 5.15. The number of para-hydroxylation sites is 1. The van der Waals surface area contributed by atoms with E-state index in [0.717, 1.165) is 4.90 Å². The third-order valence-corrected chi connectivity index (χ3v) is 6.26. The van der Waals surface area contributed by atoms with Crippen LogP contribution in [0.3, 0.4) is 0 Å². The summed E-state index contributed by atoms with van der Waals surface area (Å²) >= 11 is 0. The van der Waals surface area contributed by atoms with Gasteiger partial charge >= 0.3 is 5.97 Å². The summed E-state index contributed by atoms with van der Waals surface area (Å²) in [7, 11) is 1.38. The Hall–Kier alpha value is -3.92. The Kier molecular flexibility index (Phi) is 5.33. The average molecular weight is 453 g/mol. The van der Waals surface area contributed by atoms with Crippen LogP contribution in [0.2, 0.25) is 0 Å². The van der Waals surface area contributed by atoms with E-state index in [0.29, 0.717) is 5.69 Å². The van der Waals surface area contributed by atoms with Gasteiger partial charge in [-0.25, -0.2) is 4.90 Å². The molecule has 4 rings (SSSR count). The Morgan fingerprint density at radius 3 is 2.36 bits per heavy atom. The molecule has 4 N–H and O–H groups in total. The smallest absolute Gasteiger partial charge is 0.324 e. The van der Waals surface area contributed by atoms with E-state index < -0.39 is 41.2 Å². The van der Waals surface area contributed by atoms with E-state index in [1.807, 2.05) is 0 Å². The number of imide groups is 1. The fraction of sp³-hybridized carbons (Fsp3) is 0.304. The van der Waals surface area contributed by atoms with Gasteiger partial charge in [0, 0.05) is 24.2 Å². The molecule has 10 nitrogen and oxygen atoms in total. The molecule has 0 aromatic heterocycles. The van der Waals surface area contributed by atoms with Crippen LogP contribution in [0.5, 0.6) is 11.5 Å². The standard InChI is InChI=1S/C23H23N3O7/c1-11(27)24-12-7-9-13(10-8-12)26-20(29)16-17(21(26)30)23(2,22(31)32)25-18(16)14-5-4-6-15(33-3)19(14)28/h4-10,16-18,25,28H,1-3H3,(H,24,27)(H,31,32)/t16-,17-,18+,23+/m1/s1. The largest absolute Gasteiger partial charge is 0.504 e. The summed E-state index contributed by atoms with van der Waals surface area (Å²) in [6, 6.07) is 9.87. The Morgan fingerprint density at radius 2 is 1.79 bits per heavy atom. The van der Waals surface area contributed by atoms with Crippen LogP contribution in [-0.2, 0) is 19.2 Å². The van der Waals surface area contributed by atoms with Gasteiger partial charge in [-0.15, -0.1) is 0 Å². The first-order valence-electron chi connectivity index (χ1n) is 10.2. The number of carbonyl (C=O) groups is 4. The van der Waals surface area contributed by atoms with Crippen LogP contribution in [-0.4, -0.2) is 46.6 Å². The number of rotatable bonds is 5. The fourth-order valence-corrected chi connectivity index (χ4v) is 4.71. The molecule has 0 saturated carbocycles. The summed E-state index contributed by atoms with van der Waals surface area (Å²) in [6.07, 6.45) is 0. The number of carboxylic acid groups (broad SMARTS) is 1. The third-order valence-electron chi connectivity index (χ3n) is 6.26. The molecule has 0 spiro atoms. The number of anilines is 2. The lowest BCUT2D eigenvalue weighted by Crippen LogP contribution is -2.53. The normalized spacial score (nSPS) is 26.3. The number of hydrogen-bond donors (Lipinski definition) is 4. The van der Waals surface area contributed by atoms with Crippen LogP contribution in [0, 0.1) is 11.8 Å². The minimum Gasteiger partial charge on any atom is -0.504 e.